The maximum atomic E-state index is 12.3. The molecule has 1 saturated heterocycles. The first-order valence-electron chi connectivity index (χ1n) is 6.99. The lowest BCUT2D eigenvalue weighted by Gasteiger charge is -2.39. The Kier molecular flexibility index (Phi) is 3.66. The highest BCUT2D eigenvalue weighted by molar-refractivity contribution is 6.05. The van der Waals surface area contributed by atoms with Gasteiger partial charge in [0.1, 0.15) is 12.3 Å². The van der Waals surface area contributed by atoms with Gasteiger partial charge in [0.2, 0.25) is 5.91 Å². The fraction of sp³-hybridized carbons (Fsp3) is 0.312. The number of amides is 1. The maximum Gasteiger partial charge on any atom is 0.355 e. The molecule has 6 heteroatoms. The molecule has 1 fully saturated rings. The van der Waals surface area contributed by atoms with E-state index in [0.717, 1.165) is 5.56 Å². The zero-order valence-corrected chi connectivity index (χ0v) is 12.1. The minimum Gasteiger partial charge on any atom is -0.466 e. The number of ether oxygens (including phenoxy) is 2. The van der Waals surface area contributed by atoms with Crippen molar-refractivity contribution < 1.29 is 23.9 Å². The van der Waals surface area contributed by atoms with E-state index in [4.69, 9.17) is 9.47 Å². The Morgan fingerprint density at radius 2 is 1.95 bits per heavy atom. The molecule has 2 aliphatic heterocycles. The van der Waals surface area contributed by atoms with Crippen molar-refractivity contribution in [3.05, 3.63) is 47.2 Å². The monoisotopic (exact) mass is 301 g/mol. The van der Waals surface area contributed by atoms with E-state index in [1.165, 1.54) is 12.0 Å². The Morgan fingerprint density at radius 3 is 2.64 bits per heavy atom. The highest BCUT2D eigenvalue weighted by Crippen LogP contribution is 2.36. The zero-order valence-electron chi connectivity index (χ0n) is 12.1. The lowest BCUT2D eigenvalue weighted by Crippen LogP contribution is -2.47. The topological polar surface area (TPSA) is 72.9 Å². The number of hydrogen-bond donors (Lipinski definition) is 0. The Labute approximate surface area is 127 Å². The molecule has 114 valence electrons. The van der Waals surface area contributed by atoms with Crippen molar-refractivity contribution in [2.24, 2.45) is 0 Å². The Balaban J connectivity index is 2.10. The van der Waals surface area contributed by atoms with Crippen LogP contribution in [0.15, 0.2) is 41.6 Å². The minimum atomic E-state index is -0.652. The molecule has 0 saturated carbocycles. The van der Waals surface area contributed by atoms with E-state index in [1.807, 2.05) is 30.3 Å². The molecule has 22 heavy (non-hydrogen) atoms. The SMILES string of the molecule is COC(=O)C1=C2C(=O)OCC(c3ccccc3)N2C(=O)CC1. The van der Waals surface area contributed by atoms with E-state index in [9.17, 15) is 14.4 Å². The Bertz CT molecular complexity index is 664. The number of carbonyl (C=O) groups excluding carboxylic acids is 3. The van der Waals surface area contributed by atoms with Gasteiger partial charge >= 0.3 is 11.9 Å². The van der Waals surface area contributed by atoms with Crippen molar-refractivity contribution in [2.75, 3.05) is 13.7 Å². The molecule has 3 rings (SSSR count). The van der Waals surface area contributed by atoms with Crippen molar-refractivity contribution >= 4 is 17.8 Å². The van der Waals surface area contributed by atoms with Crippen LogP contribution in [0.2, 0.25) is 0 Å². The molecule has 1 atom stereocenters. The van der Waals surface area contributed by atoms with Crippen LogP contribution in [0.5, 0.6) is 0 Å². The predicted molar refractivity (Wildman–Crippen MR) is 75.3 cm³/mol. The first-order valence-corrected chi connectivity index (χ1v) is 6.99. The van der Waals surface area contributed by atoms with Gasteiger partial charge in [0, 0.05) is 6.42 Å². The van der Waals surface area contributed by atoms with Crippen LogP contribution in [0.1, 0.15) is 24.4 Å². The lowest BCUT2D eigenvalue weighted by atomic mass is 9.95. The molecule has 1 aromatic rings. The summed E-state index contributed by atoms with van der Waals surface area (Å²) in [6.07, 6.45) is 0.360. The van der Waals surface area contributed by atoms with Crippen LogP contribution in [-0.2, 0) is 23.9 Å². The third kappa shape index (κ3) is 2.26. The van der Waals surface area contributed by atoms with Gasteiger partial charge < -0.3 is 9.47 Å². The number of esters is 2. The average Bonchev–Trinajstić information content (AvgIpc) is 2.56. The second-order valence-electron chi connectivity index (χ2n) is 5.11. The minimum absolute atomic E-state index is 0.0169. The molecule has 2 aliphatic rings. The van der Waals surface area contributed by atoms with E-state index in [1.54, 1.807) is 0 Å². The first-order chi connectivity index (χ1) is 10.6. The second kappa shape index (κ2) is 5.63. The molecule has 1 unspecified atom stereocenters. The van der Waals surface area contributed by atoms with E-state index in [2.05, 4.69) is 0 Å². The van der Waals surface area contributed by atoms with Gasteiger partial charge in [-0.15, -0.1) is 0 Å². The van der Waals surface area contributed by atoms with E-state index < -0.39 is 18.0 Å². The van der Waals surface area contributed by atoms with Crippen LogP contribution in [0, 0.1) is 0 Å². The maximum absolute atomic E-state index is 12.3. The van der Waals surface area contributed by atoms with Gasteiger partial charge in [-0.05, 0) is 12.0 Å². The van der Waals surface area contributed by atoms with Crippen molar-refractivity contribution in [3.63, 3.8) is 0 Å². The number of cyclic esters (lactones) is 1. The summed E-state index contributed by atoms with van der Waals surface area (Å²) in [5.41, 5.74) is 1.07. The van der Waals surface area contributed by atoms with Crippen LogP contribution >= 0.6 is 0 Å². The van der Waals surface area contributed by atoms with Crippen LogP contribution in [-0.4, -0.2) is 36.5 Å². The molecule has 0 N–H and O–H groups in total. The molecule has 0 radical (unpaired) electrons. The fourth-order valence-corrected chi connectivity index (χ4v) is 2.83. The Hall–Kier alpha value is -2.63. The molecular formula is C16H15NO5. The summed E-state index contributed by atoms with van der Waals surface area (Å²) < 4.78 is 9.91. The smallest absolute Gasteiger partial charge is 0.355 e. The van der Waals surface area contributed by atoms with Gasteiger partial charge in [-0.1, -0.05) is 30.3 Å². The van der Waals surface area contributed by atoms with Gasteiger partial charge in [0.15, 0.2) is 0 Å². The quantitative estimate of drug-likeness (QED) is 0.771. The number of fused-ring (bicyclic) bond motifs is 1. The van der Waals surface area contributed by atoms with Crippen LogP contribution in [0.4, 0.5) is 0 Å². The number of morpholine rings is 1. The van der Waals surface area contributed by atoms with Gasteiger partial charge in [-0.25, -0.2) is 9.59 Å². The third-order valence-corrected chi connectivity index (χ3v) is 3.88. The third-order valence-electron chi connectivity index (χ3n) is 3.88. The zero-order chi connectivity index (χ0) is 15.7. The average molecular weight is 301 g/mol. The van der Waals surface area contributed by atoms with Crippen molar-refractivity contribution in [1.29, 1.82) is 0 Å². The summed E-state index contributed by atoms with van der Waals surface area (Å²) in [6, 6.07) is 8.88. The molecule has 0 aliphatic carbocycles. The number of carbonyl (C=O) groups is 3. The van der Waals surface area contributed by atoms with Crippen LogP contribution in [0.3, 0.4) is 0 Å². The number of benzene rings is 1. The van der Waals surface area contributed by atoms with Crippen molar-refractivity contribution in [3.8, 4) is 0 Å². The molecule has 1 amide bonds. The molecule has 0 bridgehead atoms. The van der Waals surface area contributed by atoms with Gasteiger partial charge in [0.25, 0.3) is 0 Å². The molecule has 6 nitrogen and oxygen atoms in total. The normalized spacial score (nSPS) is 21.3. The summed E-state index contributed by atoms with van der Waals surface area (Å²) in [6.45, 7) is 0.0759. The standard InChI is InChI=1S/C16H15NO5/c1-21-15(19)11-7-8-13(18)17-12(9-22-16(20)14(11)17)10-5-3-2-4-6-10/h2-6,12H,7-9H2,1H3. The fourth-order valence-electron chi connectivity index (χ4n) is 2.83. The summed E-state index contributed by atoms with van der Waals surface area (Å²) in [5.74, 6) is -1.44. The Morgan fingerprint density at radius 1 is 1.23 bits per heavy atom. The summed E-state index contributed by atoms with van der Waals surface area (Å²) in [4.78, 5) is 37.7. The summed E-state index contributed by atoms with van der Waals surface area (Å²) >= 11 is 0. The first kappa shape index (κ1) is 14.3. The van der Waals surface area contributed by atoms with E-state index >= 15 is 0 Å². The molecular weight excluding hydrogens is 286 g/mol. The van der Waals surface area contributed by atoms with E-state index in [-0.39, 0.29) is 36.6 Å². The van der Waals surface area contributed by atoms with E-state index in [0.29, 0.717) is 0 Å². The van der Waals surface area contributed by atoms with Crippen molar-refractivity contribution in [1.82, 2.24) is 4.90 Å². The largest absolute Gasteiger partial charge is 0.466 e. The number of hydrogen-bond acceptors (Lipinski definition) is 5. The molecule has 0 spiro atoms. The number of nitrogens with zero attached hydrogens (tertiary/aromatic N) is 1. The number of methoxy groups -OCH3 is 1. The highest BCUT2D eigenvalue weighted by atomic mass is 16.5. The molecule has 1 aromatic carbocycles. The molecule has 2 heterocycles. The highest BCUT2D eigenvalue weighted by Gasteiger charge is 2.43. The summed E-state index contributed by atoms with van der Waals surface area (Å²) in [5, 5.41) is 0. The lowest BCUT2D eigenvalue weighted by molar-refractivity contribution is -0.157. The summed E-state index contributed by atoms with van der Waals surface area (Å²) in [7, 11) is 1.25. The van der Waals surface area contributed by atoms with Gasteiger partial charge in [0.05, 0.1) is 18.7 Å². The predicted octanol–water partition coefficient (Wildman–Crippen LogP) is 1.33. The van der Waals surface area contributed by atoms with Gasteiger partial charge in [-0.3, -0.25) is 9.69 Å². The van der Waals surface area contributed by atoms with Gasteiger partial charge in [-0.2, -0.15) is 0 Å². The van der Waals surface area contributed by atoms with Crippen LogP contribution < -0.4 is 0 Å². The second-order valence-corrected chi connectivity index (χ2v) is 5.11. The van der Waals surface area contributed by atoms with Crippen LogP contribution in [0.25, 0.3) is 0 Å². The molecule has 0 aromatic heterocycles. The van der Waals surface area contributed by atoms with Crippen molar-refractivity contribution in [2.45, 2.75) is 18.9 Å². The number of rotatable bonds is 2.